The maximum absolute atomic E-state index is 5.79. The van der Waals surface area contributed by atoms with E-state index in [2.05, 4.69) is 47.1 Å². The van der Waals surface area contributed by atoms with Gasteiger partial charge in [0.15, 0.2) is 0 Å². The van der Waals surface area contributed by atoms with E-state index in [1.165, 1.54) is 11.1 Å². The Morgan fingerprint density at radius 3 is 2.50 bits per heavy atom. The summed E-state index contributed by atoms with van der Waals surface area (Å²) in [5, 5.41) is 3.23. The Hall–Kier alpha value is -0.870. The van der Waals surface area contributed by atoms with E-state index in [-0.39, 0.29) is 0 Å². The number of benzene rings is 1. The van der Waals surface area contributed by atoms with Crippen LogP contribution in [0.25, 0.3) is 0 Å². The zero-order chi connectivity index (χ0) is 13.1. The third kappa shape index (κ3) is 3.12. The molecular weight excluding hydrogens is 310 g/mol. The normalized spacial score (nSPS) is 10.7. The maximum atomic E-state index is 5.79. The van der Waals surface area contributed by atoms with Crippen LogP contribution in [0.2, 0.25) is 0 Å². The summed E-state index contributed by atoms with van der Waals surface area (Å²) in [6, 6.07) is 4.09. The molecule has 1 aromatic carbocycles. The van der Waals surface area contributed by atoms with E-state index in [4.69, 9.17) is 4.74 Å². The molecule has 0 saturated carbocycles. The highest BCUT2D eigenvalue weighted by molar-refractivity contribution is 9.10. The Bertz CT molecular complexity index is 527. The third-order valence-electron chi connectivity index (χ3n) is 2.70. The topological polar surface area (TPSA) is 22.1 Å². The molecule has 4 heteroatoms. The summed E-state index contributed by atoms with van der Waals surface area (Å²) >= 11 is 5.25. The molecule has 0 atom stereocenters. The van der Waals surface area contributed by atoms with Gasteiger partial charge in [-0.1, -0.05) is 22.9 Å². The summed E-state index contributed by atoms with van der Waals surface area (Å²) < 4.78 is 6.94. The summed E-state index contributed by atoms with van der Waals surface area (Å²) in [5.74, 6) is 0.902. The average molecular weight is 326 g/mol. The predicted molar refractivity (Wildman–Crippen MR) is 79.4 cm³/mol. The van der Waals surface area contributed by atoms with Crippen LogP contribution in [0.5, 0.6) is 5.75 Å². The molecule has 0 aliphatic rings. The third-order valence-corrected chi connectivity index (χ3v) is 4.99. The fourth-order valence-corrected chi connectivity index (χ4v) is 2.68. The van der Waals surface area contributed by atoms with Gasteiger partial charge in [0.1, 0.15) is 12.4 Å². The van der Waals surface area contributed by atoms with Crippen molar-refractivity contribution in [2.45, 2.75) is 33.8 Å². The van der Waals surface area contributed by atoms with Crippen molar-refractivity contribution in [3.8, 4) is 5.75 Å². The van der Waals surface area contributed by atoms with Crippen molar-refractivity contribution in [1.82, 2.24) is 4.98 Å². The molecule has 0 N–H and O–H groups in total. The van der Waals surface area contributed by atoms with Crippen LogP contribution < -0.4 is 4.74 Å². The van der Waals surface area contributed by atoms with Gasteiger partial charge in [-0.15, -0.1) is 11.3 Å². The first kappa shape index (κ1) is 13.6. The summed E-state index contributed by atoms with van der Waals surface area (Å²) in [6.07, 6.45) is 0.987. The van der Waals surface area contributed by atoms with E-state index in [0.717, 1.165) is 27.3 Å². The van der Waals surface area contributed by atoms with Gasteiger partial charge in [-0.25, -0.2) is 4.98 Å². The van der Waals surface area contributed by atoms with Crippen molar-refractivity contribution in [2.24, 2.45) is 0 Å². The number of aromatic nitrogens is 1. The largest absolute Gasteiger partial charge is 0.487 e. The smallest absolute Gasteiger partial charge is 0.131 e. The van der Waals surface area contributed by atoms with Crippen molar-refractivity contribution < 1.29 is 4.74 Å². The highest BCUT2D eigenvalue weighted by Gasteiger charge is 2.05. The maximum Gasteiger partial charge on any atom is 0.131 e. The molecule has 0 saturated heterocycles. The minimum Gasteiger partial charge on any atom is -0.487 e. The number of thiazole rings is 1. The molecular formula is C14H16BrNOS. The fourth-order valence-electron chi connectivity index (χ4n) is 1.72. The van der Waals surface area contributed by atoms with Crippen molar-refractivity contribution >= 4 is 27.3 Å². The molecule has 96 valence electrons. The number of hydrogen-bond donors (Lipinski definition) is 0. The molecule has 2 rings (SSSR count). The van der Waals surface area contributed by atoms with Crippen molar-refractivity contribution in [1.29, 1.82) is 0 Å². The van der Waals surface area contributed by atoms with E-state index < -0.39 is 0 Å². The predicted octanol–water partition coefficient (Wildman–Crippen LogP) is 4.66. The van der Waals surface area contributed by atoms with Gasteiger partial charge in [-0.3, -0.25) is 0 Å². The Kier molecular flexibility index (Phi) is 4.40. The van der Waals surface area contributed by atoms with E-state index >= 15 is 0 Å². The number of halogens is 1. The van der Waals surface area contributed by atoms with E-state index in [1.807, 2.05) is 12.1 Å². The molecule has 0 aliphatic heterocycles. The molecule has 1 heterocycles. The molecule has 2 aromatic rings. The molecule has 0 radical (unpaired) electrons. The highest BCUT2D eigenvalue weighted by Crippen LogP contribution is 2.26. The Balaban J connectivity index is 2.06. The van der Waals surface area contributed by atoms with Crippen LogP contribution in [0.15, 0.2) is 22.0 Å². The van der Waals surface area contributed by atoms with Crippen LogP contribution >= 0.6 is 27.3 Å². The first-order valence-corrected chi connectivity index (χ1v) is 7.60. The summed E-state index contributed by atoms with van der Waals surface area (Å²) in [5.41, 5.74) is 3.39. The van der Waals surface area contributed by atoms with Gasteiger partial charge in [0.05, 0.1) is 10.7 Å². The number of nitrogens with zero attached hydrogens (tertiary/aromatic N) is 1. The first-order chi connectivity index (χ1) is 8.60. The van der Waals surface area contributed by atoms with Crippen LogP contribution in [0.1, 0.15) is 28.8 Å². The second-order valence-corrected chi connectivity index (χ2v) is 5.98. The Labute approximate surface area is 120 Å². The molecule has 0 bridgehead atoms. The lowest BCUT2D eigenvalue weighted by molar-refractivity contribution is 0.301. The SMILES string of the molecule is CCc1nc(COc2cc(C)c(Br)c(C)c2)cs1. The van der Waals surface area contributed by atoms with Gasteiger partial charge in [0.2, 0.25) is 0 Å². The molecule has 1 aromatic heterocycles. The lowest BCUT2D eigenvalue weighted by atomic mass is 10.1. The Morgan fingerprint density at radius 1 is 1.28 bits per heavy atom. The quantitative estimate of drug-likeness (QED) is 0.815. The lowest BCUT2D eigenvalue weighted by Gasteiger charge is -2.09. The standard InChI is InChI=1S/C14H16BrNOS/c1-4-13-16-11(8-18-13)7-17-12-5-9(2)14(15)10(3)6-12/h5-6,8H,4,7H2,1-3H3. The zero-order valence-corrected chi connectivity index (χ0v) is 13.2. The average Bonchev–Trinajstić information content (AvgIpc) is 2.81. The second-order valence-electron chi connectivity index (χ2n) is 4.25. The van der Waals surface area contributed by atoms with Gasteiger partial charge in [-0.2, -0.15) is 0 Å². The molecule has 0 fully saturated rings. The second kappa shape index (κ2) is 5.85. The van der Waals surface area contributed by atoms with Gasteiger partial charge < -0.3 is 4.74 Å². The van der Waals surface area contributed by atoms with Crippen molar-refractivity contribution in [3.63, 3.8) is 0 Å². The zero-order valence-electron chi connectivity index (χ0n) is 10.8. The molecule has 0 amide bonds. The monoisotopic (exact) mass is 325 g/mol. The molecule has 0 spiro atoms. The van der Waals surface area contributed by atoms with Gasteiger partial charge in [-0.05, 0) is 43.5 Å². The number of rotatable bonds is 4. The van der Waals surface area contributed by atoms with Gasteiger partial charge in [0.25, 0.3) is 0 Å². The number of ether oxygens (including phenoxy) is 1. The highest BCUT2D eigenvalue weighted by atomic mass is 79.9. The van der Waals surface area contributed by atoms with Crippen molar-refractivity contribution in [2.75, 3.05) is 0 Å². The molecule has 0 aliphatic carbocycles. The molecule has 0 unspecified atom stereocenters. The molecule has 2 nitrogen and oxygen atoms in total. The number of aryl methyl sites for hydroxylation is 3. The molecule has 18 heavy (non-hydrogen) atoms. The van der Waals surface area contributed by atoms with Crippen molar-refractivity contribution in [3.05, 3.63) is 43.8 Å². The van der Waals surface area contributed by atoms with Gasteiger partial charge >= 0.3 is 0 Å². The summed E-state index contributed by atoms with van der Waals surface area (Å²) in [6.45, 7) is 6.80. The summed E-state index contributed by atoms with van der Waals surface area (Å²) in [4.78, 5) is 4.49. The first-order valence-electron chi connectivity index (χ1n) is 5.93. The summed E-state index contributed by atoms with van der Waals surface area (Å²) in [7, 11) is 0. The fraction of sp³-hybridized carbons (Fsp3) is 0.357. The minimum atomic E-state index is 0.539. The van der Waals surface area contributed by atoms with E-state index in [1.54, 1.807) is 11.3 Å². The lowest BCUT2D eigenvalue weighted by Crippen LogP contribution is -1.97. The van der Waals surface area contributed by atoms with Crippen LogP contribution in [-0.2, 0) is 13.0 Å². The minimum absolute atomic E-state index is 0.539. The van der Waals surface area contributed by atoms with Crippen LogP contribution in [0.3, 0.4) is 0 Å². The Morgan fingerprint density at radius 2 is 1.94 bits per heavy atom. The van der Waals surface area contributed by atoms with Crippen LogP contribution in [0.4, 0.5) is 0 Å². The van der Waals surface area contributed by atoms with E-state index in [9.17, 15) is 0 Å². The van der Waals surface area contributed by atoms with Gasteiger partial charge in [0, 0.05) is 9.85 Å². The van der Waals surface area contributed by atoms with Crippen LogP contribution in [-0.4, -0.2) is 4.98 Å². The van der Waals surface area contributed by atoms with E-state index in [0.29, 0.717) is 6.61 Å². The van der Waals surface area contributed by atoms with Crippen LogP contribution in [0, 0.1) is 13.8 Å². The number of hydrogen-bond acceptors (Lipinski definition) is 3.